The zero-order valence-corrected chi connectivity index (χ0v) is 14.6. The van der Waals surface area contributed by atoms with Crippen LogP contribution in [-0.2, 0) is 6.42 Å². The molecule has 0 spiro atoms. The van der Waals surface area contributed by atoms with Crippen molar-refractivity contribution in [2.45, 2.75) is 31.7 Å². The minimum atomic E-state index is -0.248. The zero-order valence-electron chi connectivity index (χ0n) is 14.6. The monoisotopic (exact) mass is 351 g/mol. The summed E-state index contributed by atoms with van der Waals surface area (Å²) in [6.45, 7) is 1.89. The lowest BCUT2D eigenvalue weighted by molar-refractivity contribution is 0.395. The summed E-state index contributed by atoms with van der Waals surface area (Å²) in [7, 11) is 0. The van der Waals surface area contributed by atoms with Crippen LogP contribution in [0.3, 0.4) is 0 Å². The number of hydrogen-bond donors (Lipinski definition) is 1. The van der Waals surface area contributed by atoms with Crippen LogP contribution in [0.5, 0.6) is 0 Å². The maximum absolute atomic E-state index is 13.2. The van der Waals surface area contributed by atoms with Gasteiger partial charge in [0.15, 0.2) is 0 Å². The maximum Gasteiger partial charge on any atom is 0.274 e. The Morgan fingerprint density at radius 2 is 1.81 bits per heavy atom. The van der Waals surface area contributed by atoms with Crippen LogP contribution in [0.15, 0.2) is 53.3 Å². The highest BCUT2D eigenvalue weighted by molar-refractivity contribution is 5.83. The summed E-state index contributed by atoms with van der Waals surface area (Å²) in [5.74, 6) is -0.248. The second-order valence-electron chi connectivity index (χ2n) is 6.88. The van der Waals surface area contributed by atoms with E-state index in [0.29, 0.717) is 11.8 Å². The second kappa shape index (κ2) is 7.38. The molecule has 0 radical (unpaired) electrons. The number of aromatic nitrogens is 2. The quantitative estimate of drug-likeness (QED) is 0.786. The second-order valence-corrected chi connectivity index (χ2v) is 6.88. The molecule has 1 atom stereocenters. The van der Waals surface area contributed by atoms with Crippen LogP contribution in [0.1, 0.15) is 36.6 Å². The fraction of sp³-hybridized carbons (Fsp3) is 0.333. The number of halogens is 1. The summed E-state index contributed by atoms with van der Waals surface area (Å²) in [4.78, 5) is 13.0. The van der Waals surface area contributed by atoms with E-state index >= 15 is 0 Å². The van der Waals surface area contributed by atoms with Crippen LogP contribution < -0.4 is 10.9 Å². The van der Waals surface area contributed by atoms with Crippen molar-refractivity contribution in [1.29, 1.82) is 0 Å². The van der Waals surface area contributed by atoms with Crippen LogP contribution in [0.25, 0.3) is 10.8 Å². The Morgan fingerprint density at radius 1 is 1.04 bits per heavy atom. The van der Waals surface area contributed by atoms with E-state index in [0.717, 1.165) is 49.0 Å². The summed E-state index contributed by atoms with van der Waals surface area (Å²) in [6, 6.07) is 14.2. The number of nitrogens with zero attached hydrogens (tertiary/aromatic N) is 2. The van der Waals surface area contributed by atoms with Crippen molar-refractivity contribution >= 4 is 10.8 Å². The fourth-order valence-electron chi connectivity index (χ4n) is 3.69. The van der Waals surface area contributed by atoms with Gasteiger partial charge in [0, 0.05) is 11.8 Å². The van der Waals surface area contributed by atoms with Crippen LogP contribution in [-0.4, -0.2) is 22.9 Å². The van der Waals surface area contributed by atoms with Gasteiger partial charge in [0.2, 0.25) is 0 Å². The highest BCUT2D eigenvalue weighted by atomic mass is 19.1. The largest absolute Gasteiger partial charge is 0.317 e. The summed E-state index contributed by atoms with van der Waals surface area (Å²) < 4.78 is 14.9. The molecule has 1 fully saturated rings. The molecule has 1 aliphatic heterocycles. The molecule has 1 aliphatic rings. The summed E-state index contributed by atoms with van der Waals surface area (Å²) >= 11 is 0. The van der Waals surface area contributed by atoms with E-state index in [1.165, 1.54) is 12.1 Å². The van der Waals surface area contributed by atoms with E-state index in [9.17, 15) is 9.18 Å². The minimum absolute atomic E-state index is 0.0182. The van der Waals surface area contributed by atoms with Gasteiger partial charge in [-0.25, -0.2) is 9.07 Å². The molecule has 4 nitrogen and oxygen atoms in total. The lowest BCUT2D eigenvalue weighted by atomic mass is 10.0. The van der Waals surface area contributed by atoms with E-state index in [1.54, 1.807) is 16.8 Å². The zero-order chi connectivity index (χ0) is 17.9. The molecule has 0 amide bonds. The highest BCUT2D eigenvalue weighted by Gasteiger charge is 2.19. The standard InChI is InChI=1S/C21H22FN3O/c22-16-9-7-15(8-10-16)14-20-18-5-1-2-6-19(18)21(26)25(24-20)17-4-3-12-23-13-11-17/h1-2,5-10,17,23H,3-4,11-14H2. The van der Waals surface area contributed by atoms with Crippen molar-refractivity contribution in [3.05, 3.63) is 76.0 Å². The first kappa shape index (κ1) is 16.9. The van der Waals surface area contributed by atoms with Crippen LogP contribution in [0, 0.1) is 5.82 Å². The van der Waals surface area contributed by atoms with Gasteiger partial charge in [-0.3, -0.25) is 4.79 Å². The number of hydrogen-bond acceptors (Lipinski definition) is 3. The summed E-state index contributed by atoms with van der Waals surface area (Å²) in [5, 5.41) is 9.74. The third-order valence-corrected chi connectivity index (χ3v) is 5.08. The van der Waals surface area contributed by atoms with Gasteiger partial charge in [0.1, 0.15) is 5.82 Å². The SMILES string of the molecule is O=c1c2ccccc2c(Cc2ccc(F)cc2)nn1C1CCCNCC1. The number of benzene rings is 2. The Bertz CT molecular complexity index is 957. The molecule has 4 rings (SSSR count). The Kier molecular flexibility index (Phi) is 4.80. The van der Waals surface area contributed by atoms with E-state index in [4.69, 9.17) is 5.10 Å². The van der Waals surface area contributed by atoms with Crippen molar-refractivity contribution in [3.8, 4) is 0 Å². The molecule has 1 N–H and O–H groups in total. The number of rotatable bonds is 3. The minimum Gasteiger partial charge on any atom is -0.317 e. The topological polar surface area (TPSA) is 46.9 Å². The van der Waals surface area contributed by atoms with Crippen molar-refractivity contribution < 1.29 is 4.39 Å². The van der Waals surface area contributed by atoms with Gasteiger partial charge in [0.25, 0.3) is 5.56 Å². The van der Waals surface area contributed by atoms with Gasteiger partial charge < -0.3 is 5.32 Å². The molecule has 26 heavy (non-hydrogen) atoms. The molecular weight excluding hydrogens is 329 g/mol. The van der Waals surface area contributed by atoms with E-state index < -0.39 is 0 Å². The van der Waals surface area contributed by atoms with Gasteiger partial charge in [-0.05, 0) is 56.1 Å². The highest BCUT2D eigenvalue weighted by Crippen LogP contribution is 2.22. The average molecular weight is 351 g/mol. The molecule has 1 saturated heterocycles. The number of nitrogens with one attached hydrogen (secondary N) is 1. The maximum atomic E-state index is 13.2. The predicted octanol–water partition coefficient (Wildman–Crippen LogP) is 3.44. The van der Waals surface area contributed by atoms with Gasteiger partial charge in [-0.1, -0.05) is 30.3 Å². The normalized spacial score (nSPS) is 18.0. The molecular formula is C21H22FN3O. The van der Waals surface area contributed by atoms with Crippen molar-refractivity contribution in [1.82, 2.24) is 15.1 Å². The molecule has 0 aliphatic carbocycles. The fourth-order valence-corrected chi connectivity index (χ4v) is 3.69. The lowest BCUT2D eigenvalue weighted by Crippen LogP contribution is -2.29. The van der Waals surface area contributed by atoms with E-state index in [-0.39, 0.29) is 17.4 Å². The van der Waals surface area contributed by atoms with Gasteiger partial charge in [-0.2, -0.15) is 5.10 Å². The van der Waals surface area contributed by atoms with Gasteiger partial charge >= 0.3 is 0 Å². The third kappa shape index (κ3) is 3.40. The molecule has 2 heterocycles. The van der Waals surface area contributed by atoms with Crippen molar-refractivity contribution in [3.63, 3.8) is 0 Å². The first-order valence-corrected chi connectivity index (χ1v) is 9.18. The predicted molar refractivity (Wildman–Crippen MR) is 101 cm³/mol. The molecule has 1 unspecified atom stereocenters. The Balaban J connectivity index is 1.81. The third-order valence-electron chi connectivity index (χ3n) is 5.08. The van der Waals surface area contributed by atoms with Gasteiger partial charge in [-0.15, -0.1) is 0 Å². The Morgan fingerprint density at radius 3 is 2.62 bits per heavy atom. The Labute approximate surface area is 151 Å². The van der Waals surface area contributed by atoms with Crippen molar-refractivity contribution in [2.75, 3.05) is 13.1 Å². The average Bonchev–Trinajstić information content (AvgIpc) is 2.95. The molecule has 0 saturated carbocycles. The molecule has 0 bridgehead atoms. The Hall–Kier alpha value is -2.53. The smallest absolute Gasteiger partial charge is 0.274 e. The molecule has 2 aromatic carbocycles. The summed E-state index contributed by atoms with van der Waals surface area (Å²) in [6.07, 6.45) is 3.47. The van der Waals surface area contributed by atoms with Crippen LogP contribution >= 0.6 is 0 Å². The molecule has 5 heteroatoms. The molecule has 134 valence electrons. The van der Waals surface area contributed by atoms with E-state index in [2.05, 4.69) is 5.32 Å². The molecule has 1 aromatic heterocycles. The van der Waals surface area contributed by atoms with Gasteiger partial charge in [0.05, 0.1) is 17.1 Å². The van der Waals surface area contributed by atoms with Crippen LogP contribution in [0.2, 0.25) is 0 Å². The number of fused-ring (bicyclic) bond motifs is 1. The lowest BCUT2D eigenvalue weighted by Gasteiger charge is -2.18. The summed E-state index contributed by atoms with van der Waals surface area (Å²) in [5.41, 5.74) is 1.83. The van der Waals surface area contributed by atoms with Crippen LogP contribution in [0.4, 0.5) is 4.39 Å². The first-order valence-electron chi connectivity index (χ1n) is 9.18. The first-order chi connectivity index (χ1) is 12.7. The molecule has 3 aromatic rings. The van der Waals surface area contributed by atoms with Crippen molar-refractivity contribution in [2.24, 2.45) is 0 Å². The van der Waals surface area contributed by atoms with E-state index in [1.807, 2.05) is 24.3 Å².